The van der Waals surface area contributed by atoms with Gasteiger partial charge in [-0.25, -0.2) is 9.29 Å². The maximum Gasteiger partial charge on any atom is 0.111 e. The van der Waals surface area contributed by atoms with E-state index in [4.69, 9.17) is 0 Å². The summed E-state index contributed by atoms with van der Waals surface area (Å²) in [5.41, 5.74) is 1.81. The number of rotatable bonds is 4. The molecule has 3 heterocycles. The summed E-state index contributed by atoms with van der Waals surface area (Å²) in [4.78, 5) is 12.1. The summed E-state index contributed by atoms with van der Waals surface area (Å²) in [6.45, 7) is 1.16. The smallest absolute Gasteiger partial charge is 0.111 e. The van der Waals surface area contributed by atoms with Crippen molar-refractivity contribution in [1.82, 2.24) is 19.3 Å². The quantitative estimate of drug-likeness (QED) is 0.669. The fraction of sp³-hybridized carbons (Fsp3) is 0.176. The third-order valence-corrected chi connectivity index (χ3v) is 6.17. The molecule has 6 nitrogen and oxygen atoms in total. The number of nitrogens with zero attached hydrogens (tertiary/aromatic N) is 3. The summed E-state index contributed by atoms with van der Waals surface area (Å²) in [6, 6.07) is 13.0. The van der Waals surface area contributed by atoms with E-state index in [-0.39, 0.29) is 7.34 Å². The van der Waals surface area contributed by atoms with Gasteiger partial charge in [-0.1, -0.05) is 18.2 Å². The van der Waals surface area contributed by atoms with Gasteiger partial charge in [0.1, 0.15) is 5.82 Å². The van der Waals surface area contributed by atoms with Gasteiger partial charge < -0.3 is 4.98 Å². The van der Waals surface area contributed by atoms with Crippen molar-refractivity contribution < 1.29 is 10.5 Å². The number of pyridine rings is 1. The highest BCUT2D eigenvalue weighted by Crippen LogP contribution is 2.55. The molecule has 0 unspecified atom stereocenters. The Bertz CT molecular complexity index is 806. The fourth-order valence-corrected chi connectivity index (χ4v) is 4.39. The highest BCUT2D eigenvalue weighted by molar-refractivity contribution is 8.22. The zero-order chi connectivity index (χ0) is 16.6. The topological polar surface area (TPSA) is 85.3 Å². The lowest BCUT2D eigenvalue weighted by molar-refractivity contribution is 0.228. The minimum atomic E-state index is -2.95. The number of imidazole rings is 1. The van der Waals surface area contributed by atoms with Crippen molar-refractivity contribution in [2.24, 2.45) is 0 Å². The normalized spacial score (nSPS) is 16.8. The molecule has 0 spiro atoms. The van der Waals surface area contributed by atoms with Crippen LogP contribution >= 0.6 is 10.8 Å². The van der Waals surface area contributed by atoms with Gasteiger partial charge in [0.15, 0.2) is 0 Å². The molecule has 0 aliphatic carbocycles. The Kier molecular flexibility index (Phi) is 3.85. The molecule has 0 radical (unpaired) electrons. The van der Waals surface area contributed by atoms with Crippen LogP contribution in [0.4, 0.5) is 0 Å². The van der Waals surface area contributed by atoms with E-state index in [1.54, 1.807) is 35.0 Å². The van der Waals surface area contributed by atoms with Gasteiger partial charge in [0.05, 0.1) is 10.6 Å². The van der Waals surface area contributed by atoms with Crippen molar-refractivity contribution in [2.45, 2.75) is 10.8 Å². The van der Waals surface area contributed by atoms with Gasteiger partial charge >= 0.3 is 0 Å². The lowest BCUT2D eigenvalue weighted by Crippen LogP contribution is -2.46. The Morgan fingerprint density at radius 1 is 1.04 bits per heavy atom. The molecule has 1 saturated heterocycles. The summed E-state index contributed by atoms with van der Waals surface area (Å²) < 4.78 is 22.9. The van der Waals surface area contributed by atoms with Gasteiger partial charge in [-0.3, -0.25) is 14.1 Å². The van der Waals surface area contributed by atoms with Crippen LogP contribution in [0, 0.1) is 0 Å². The van der Waals surface area contributed by atoms with E-state index in [2.05, 4.69) is 15.0 Å². The highest BCUT2D eigenvalue weighted by Gasteiger charge is 2.38. The van der Waals surface area contributed by atoms with E-state index < -0.39 is 10.8 Å². The monoisotopic (exact) mass is 344 g/mol. The summed E-state index contributed by atoms with van der Waals surface area (Å²) in [7, 11) is -2.95. The molecule has 2 aromatic heterocycles. The molecule has 4 rings (SSSR count). The van der Waals surface area contributed by atoms with E-state index in [1.807, 2.05) is 30.3 Å². The van der Waals surface area contributed by atoms with Crippen LogP contribution in [0.1, 0.15) is 13.2 Å². The minimum absolute atomic E-state index is 0. The third-order valence-electron chi connectivity index (χ3n) is 4.25. The third kappa shape index (κ3) is 2.71. The molecular formula is C17H20N4O2S. The standard InChI is InChI=1S/C17H18N4O2S.H2/c22-24(23,21-11-14(12-21)17-19-9-10-20-17)15-6-4-13(5-7-15)16-3-1-2-8-18-16;/h1-10,14,22-23H,11-12H2,(H,19,20);1H. The van der Waals surface area contributed by atoms with Gasteiger partial charge in [-0.2, -0.15) is 0 Å². The van der Waals surface area contributed by atoms with Crippen LogP contribution in [0.3, 0.4) is 0 Å². The van der Waals surface area contributed by atoms with Crippen LogP contribution in [0.25, 0.3) is 11.3 Å². The SMILES string of the molecule is OS(O)(c1ccc(-c2ccccn2)cc1)N1CC(c2ncc[nH]2)C1.[HH]. The van der Waals surface area contributed by atoms with Crippen LogP contribution in [-0.4, -0.2) is 41.5 Å². The summed E-state index contributed by atoms with van der Waals surface area (Å²) in [6.07, 6.45) is 5.24. The van der Waals surface area contributed by atoms with Gasteiger partial charge in [0.25, 0.3) is 0 Å². The van der Waals surface area contributed by atoms with Crippen molar-refractivity contribution in [2.75, 3.05) is 13.1 Å². The summed E-state index contributed by atoms with van der Waals surface area (Å²) >= 11 is 0. The first-order valence-electron chi connectivity index (χ1n) is 7.69. The van der Waals surface area contributed by atoms with Crippen LogP contribution in [0.2, 0.25) is 0 Å². The molecule has 24 heavy (non-hydrogen) atoms. The maximum absolute atomic E-state index is 10.6. The van der Waals surface area contributed by atoms with Crippen LogP contribution in [-0.2, 0) is 0 Å². The van der Waals surface area contributed by atoms with Crippen molar-refractivity contribution in [3.05, 3.63) is 66.9 Å². The number of hydrogen-bond donors (Lipinski definition) is 3. The molecule has 1 aromatic carbocycles. The molecule has 3 aromatic rings. The minimum Gasteiger partial charge on any atom is -0.348 e. The molecular weight excluding hydrogens is 324 g/mol. The molecule has 3 N–H and O–H groups in total. The average molecular weight is 344 g/mol. The Hall–Kier alpha value is -2.19. The molecule has 1 aliphatic heterocycles. The first kappa shape index (κ1) is 15.3. The Labute approximate surface area is 143 Å². The zero-order valence-electron chi connectivity index (χ0n) is 12.9. The van der Waals surface area contributed by atoms with Gasteiger partial charge in [-0.15, -0.1) is 10.8 Å². The lowest BCUT2D eigenvalue weighted by atomic mass is 10.0. The lowest BCUT2D eigenvalue weighted by Gasteiger charge is -2.50. The van der Waals surface area contributed by atoms with E-state index in [1.165, 1.54) is 0 Å². The van der Waals surface area contributed by atoms with Crippen LogP contribution in [0.5, 0.6) is 0 Å². The fourth-order valence-electron chi connectivity index (χ4n) is 2.81. The number of benzene rings is 1. The number of nitrogens with one attached hydrogen (secondary N) is 1. The van der Waals surface area contributed by atoms with Crippen LogP contribution in [0.15, 0.2) is 66.0 Å². The molecule has 0 atom stereocenters. The second kappa shape index (κ2) is 6.03. The predicted molar refractivity (Wildman–Crippen MR) is 95.8 cm³/mol. The molecule has 0 amide bonds. The average Bonchev–Trinajstić information content (AvgIpc) is 3.08. The highest BCUT2D eigenvalue weighted by atomic mass is 32.3. The molecule has 0 bridgehead atoms. The van der Waals surface area contributed by atoms with Gasteiger partial charge in [0, 0.05) is 44.6 Å². The molecule has 0 saturated carbocycles. The number of aromatic amines is 1. The van der Waals surface area contributed by atoms with Crippen molar-refractivity contribution in [3.63, 3.8) is 0 Å². The predicted octanol–water partition coefficient (Wildman–Crippen LogP) is 3.84. The molecule has 1 fully saturated rings. The first-order valence-corrected chi connectivity index (χ1v) is 9.19. The first-order chi connectivity index (χ1) is 11.6. The van der Waals surface area contributed by atoms with E-state index >= 15 is 0 Å². The Morgan fingerprint density at radius 3 is 2.46 bits per heavy atom. The largest absolute Gasteiger partial charge is 0.348 e. The summed E-state index contributed by atoms with van der Waals surface area (Å²) in [5, 5.41) is 0. The van der Waals surface area contributed by atoms with Crippen molar-refractivity contribution in [3.8, 4) is 11.3 Å². The van der Waals surface area contributed by atoms with Gasteiger partial charge in [0.2, 0.25) is 0 Å². The van der Waals surface area contributed by atoms with Crippen molar-refractivity contribution >= 4 is 10.8 Å². The maximum atomic E-state index is 10.6. The second-order valence-electron chi connectivity index (χ2n) is 5.78. The zero-order valence-corrected chi connectivity index (χ0v) is 13.7. The molecule has 7 heteroatoms. The number of H-pyrrole nitrogens is 1. The number of hydrogen-bond acceptors (Lipinski definition) is 5. The van der Waals surface area contributed by atoms with E-state index in [0.29, 0.717) is 18.0 Å². The van der Waals surface area contributed by atoms with Gasteiger partial charge in [-0.05, 0) is 24.3 Å². The van der Waals surface area contributed by atoms with E-state index in [9.17, 15) is 9.11 Å². The molecule has 1 aliphatic rings. The molecule has 126 valence electrons. The van der Waals surface area contributed by atoms with Crippen molar-refractivity contribution in [1.29, 1.82) is 0 Å². The second-order valence-corrected chi connectivity index (χ2v) is 7.80. The Balaban J connectivity index is 0.00000182. The number of aromatic nitrogens is 3. The Morgan fingerprint density at radius 2 is 1.83 bits per heavy atom. The summed E-state index contributed by atoms with van der Waals surface area (Å²) in [5.74, 6) is 1.12. The van der Waals surface area contributed by atoms with E-state index in [0.717, 1.165) is 17.1 Å². The van der Waals surface area contributed by atoms with Crippen LogP contribution < -0.4 is 0 Å².